The Kier molecular flexibility index (Phi) is 16.7. The van der Waals surface area contributed by atoms with Gasteiger partial charge in [-0.3, -0.25) is 48.5 Å². The van der Waals surface area contributed by atoms with Crippen molar-refractivity contribution in [1.82, 2.24) is 47.1 Å². The van der Waals surface area contributed by atoms with Crippen LogP contribution >= 0.6 is 11.8 Å². The van der Waals surface area contributed by atoms with Crippen LogP contribution < -0.4 is 43.0 Å². The SMILES string of the molecule is CCC(C)C1NC(=O)CNC(=O)C2Cc3c([nH]c4ccccc34)SCC(NC(=O)CNC1=O)[C@@H](O)N[C@@H](CC(N)=O)C(=O)N1CC(O)CC1C(=O)NC([C@@H](C)C(C)OC(C)=O)C(=O)N2. The molecule has 64 heavy (non-hydrogen) atoms. The Morgan fingerprint density at radius 3 is 2.23 bits per heavy atom. The fraction of sp³-hybridized carbons (Fsp3) is 0.585. The Bertz CT molecular complexity index is 2120. The zero-order valence-electron chi connectivity index (χ0n) is 36.2. The number of H-pyrrole nitrogens is 1. The number of carbonyl (C=O) groups excluding carboxylic acids is 9. The molecule has 23 heteroatoms. The number of nitrogens with zero attached hydrogens (tertiary/aromatic N) is 1. The summed E-state index contributed by atoms with van der Waals surface area (Å²) in [4.78, 5) is 127. The number of para-hydroxylation sites is 1. The van der Waals surface area contributed by atoms with Crippen molar-refractivity contribution in [2.24, 2.45) is 17.6 Å². The molecule has 8 unspecified atom stereocenters. The molecule has 0 saturated carbocycles. The van der Waals surface area contributed by atoms with Crippen molar-refractivity contribution in [2.75, 3.05) is 25.4 Å². The van der Waals surface area contributed by atoms with E-state index in [2.05, 4.69) is 42.2 Å². The summed E-state index contributed by atoms with van der Waals surface area (Å²) in [6.07, 6.45) is -4.81. The molecule has 2 bridgehead atoms. The summed E-state index contributed by atoms with van der Waals surface area (Å²) in [7, 11) is 0. The van der Waals surface area contributed by atoms with Gasteiger partial charge in [0.25, 0.3) is 0 Å². The molecule has 8 amide bonds. The Labute approximate surface area is 373 Å². The first-order valence-corrected chi connectivity index (χ1v) is 22.1. The smallest absolute Gasteiger partial charge is 0.302 e. The Morgan fingerprint density at radius 1 is 0.891 bits per heavy atom. The lowest BCUT2D eigenvalue weighted by Gasteiger charge is -2.34. The van der Waals surface area contributed by atoms with Crippen LogP contribution in [0.1, 0.15) is 59.4 Å². The monoisotopic (exact) mass is 914 g/mol. The third kappa shape index (κ3) is 12.3. The van der Waals surface area contributed by atoms with Gasteiger partial charge in [-0.1, -0.05) is 45.4 Å². The summed E-state index contributed by atoms with van der Waals surface area (Å²) in [5.74, 6) is -9.02. The van der Waals surface area contributed by atoms with Crippen LogP contribution in [0.15, 0.2) is 29.3 Å². The van der Waals surface area contributed by atoms with Gasteiger partial charge < -0.3 is 62.5 Å². The maximum atomic E-state index is 14.6. The van der Waals surface area contributed by atoms with Crippen LogP contribution in [-0.2, 0) is 54.3 Å². The van der Waals surface area contributed by atoms with Crippen LogP contribution in [0.2, 0.25) is 0 Å². The topological polar surface area (TPSA) is 333 Å². The molecule has 0 aliphatic carbocycles. The molecule has 1 saturated heterocycles. The molecule has 0 spiro atoms. The van der Waals surface area contributed by atoms with Crippen molar-refractivity contribution < 1.29 is 58.1 Å². The minimum absolute atomic E-state index is 0.138. The van der Waals surface area contributed by atoms with E-state index < -0.39 is 146 Å². The predicted octanol–water partition coefficient (Wildman–Crippen LogP) is -3.25. The van der Waals surface area contributed by atoms with Crippen LogP contribution in [-0.4, -0.2) is 153 Å². The van der Waals surface area contributed by atoms with Crippen LogP contribution in [0.4, 0.5) is 0 Å². The van der Waals surface area contributed by atoms with Crippen LogP contribution in [0.5, 0.6) is 0 Å². The molecule has 0 radical (unpaired) electrons. The fourth-order valence-corrected chi connectivity index (χ4v) is 9.05. The second-order valence-electron chi connectivity index (χ2n) is 16.5. The van der Waals surface area contributed by atoms with E-state index in [9.17, 15) is 53.4 Å². The molecule has 4 heterocycles. The number of hydrogen-bond donors (Lipinski definition) is 11. The van der Waals surface area contributed by atoms with Gasteiger partial charge in [-0.15, -0.1) is 11.8 Å². The van der Waals surface area contributed by atoms with E-state index in [0.717, 1.165) is 23.6 Å². The number of benzene rings is 1. The second-order valence-corrected chi connectivity index (χ2v) is 17.5. The molecular weight excluding hydrogens is 857 g/mol. The summed E-state index contributed by atoms with van der Waals surface area (Å²) < 4.78 is 5.39. The molecule has 3 aliphatic rings. The number of aromatic amines is 1. The van der Waals surface area contributed by atoms with E-state index in [1.807, 2.05) is 0 Å². The van der Waals surface area contributed by atoms with Gasteiger partial charge in [0.15, 0.2) is 0 Å². The van der Waals surface area contributed by atoms with Crippen molar-refractivity contribution in [3.05, 3.63) is 29.8 Å². The number of fused-ring (bicyclic) bond motifs is 5. The van der Waals surface area contributed by atoms with Gasteiger partial charge in [-0.2, -0.15) is 0 Å². The molecule has 1 aromatic heterocycles. The highest BCUT2D eigenvalue weighted by Gasteiger charge is 2.45. The van der Waals surface area contributed by atoms with Crippen molar-refractivity contribution in [2.45, 2.75) is 120 Å². The van der Waals surface area contributed by atoms with Gasteiger partial charge in [0.05, 0.1) is 42.7 Å². The summed E-state index contributed by atoms with van der Waals surface area (Å²) in [5, 5.41) is 42.1. The van der Waals surface area contributed by atoms with Crippen molar-refractivity contribution >= 4 is 75.9 Å². The summed E-state index contributed by atoms with van der Waals surface area (Å²) in [6.45, 7) is 6.05. The van der Waals surface area contributed by atoms with Crippen molar-refractivity contribution in [1.29, 1.82) is 0 Å². The first-order valence-electron chi connectivity index (χ1n) is 21.1. The van der Waals surface area contributed by atoms with Gasteiger partial charge in [0.2, 0.25) is 47.3 Å². The zero-order chi connectivity index (χ0) is 47.0. The molecule has 5 rings (SSSR count). The van der Waals surface area contributed by atoms with Crippen LogP contribution in [0.25, 0.3) is 10.9 Å². The lowest BCUT2D eigenvalue weighted by atomic mass is 9.94. The van der Waals surface area contributed by atoms with E-state index in [1.165, 1.54) is 13.8 Å². The van der Waals surface area contributed by atoms with E-state index >= 15 is 0 Å². The standard InChI is InChI=1S/C41H58N10O12S/c1-6-18(2)33-38(60)44-14-31(55)45-28-17-64-40-24(23-9-7-8-10-25(23)48-40)12-26(35(57)43-15-32(56)49-33)46-39(61)34(19(3)20(4)63-21(5)52)50-37(59)29-11-22(53)16-51(29)41(62)27(13-30(42)54)47-36(28)58/h7-10,18-20,22,26-29,33-34,36,47-48,53,58H,6,11-17H2,1-5H3,(H2,42,54)(H,43,57)(H,44,60)(H,45,55)(H,46,61)(H,49,56)(H,50,59)/t18?,19-,20?,22?,26?,27-,28?,29?,33?,34?,36+/m0/s1. The number of carbonyl (C=O) groups is 9. The lowest BCUT2D eigenvalue weighted by Crippen LogP contribution is -2.62. The molecule has 1 aromatic carbocycles. The van der Waals surface area contributed by atoms with Gasteiger partial charge in [-0.25, -0.2) is 0 Å². The third-order valence-electron chi connectivity index (χ3n) is 11.7. The first kappa shape index (κ1) is 49.2. The number of aliphatic hydroxyl groups excluding tert-OH is 2. The highest BCUT2D eigenvalue weighted by Crippen LogP contribution is 2.32. The molecule has 2 aromatic rings. The van der Waals surface area contributed by atoms with Gasteiger partial charge >= 0.3 is 5.97 Å². The maximum Gasteiger partial charge on any atom is 0.302 e. The quantitative estimate of drug-likeness (QED) is 0.122. The molecule has 1 fully saturated rings. The summed E-state index contributed by atoms with van der Waals surface area (Å²) >= 11 is 1.10. The van der Waals surface area contributed by atoms with Gasteiger partial charge in [0, 0.05) is 48.9 Å². The van der Waals surface area contributed by atoms with Crippen LogP contribution in [0.3, 0.4) is 0 Å². The molecule has 11 atom stereocenters. The van der Waals surface area contributed by atoms with Crippen LogP contribution in [0, 0.1) is 11.8 Å². The Morgan fingerprint density at radius 2 is 1.56 bits per heavy atom. The Balaban J connectivity index is 1.69. The fourth-order valence-electron chi connectivity index (χ4n) is 7.89. The molecule has 12 N–H and O–H groups in total. The number of primary amides is 1. The number of hydrogen-bond acceptors (Lipinski definition) is 14. The molecule has 22 nitrogen and oxygen atoms in total. The number of nitrogens with one attached hydrogen (secondary N) is 8. The average Bonchev–Trinajstić information content (AvgIpc) is 3.81. The Hall–Kier alpha value is -5.78. The van der Waals surface area contributed by atoms with Gasteiger partial charge in [0.1, 0.15) is 36.5 Å². The number of esters is 1. The summed E-state index contributed by atoms with van der Waals surface area (Å²) in [5.41, 5.74) is 6.68. The molecule has 350 valence electrons. The first-order chi connectivity index (χ1) is 30.3. The maximum absolute atomic E-state index is 14.6. The normalized spacial score (nSPS) is 28.5. The average molecular weight is 915 g/mol. The minimum atomic E-state index is -1.80. The predicted molar refractivity (Wildman–Crippen MR) is 229 cm³/mol. The third-order valence-corrected chi connectivity index (χ3v) is 12.9. The zero-order valence-corrected chi connectivity index (χ0v) is 37.0. The van der Waals surface area contributed by atoms with E-state index in [4.69, 9.17) is 10.5 Å². The number of aromatic nitrogens is 1. The highest BCUT2D eigenvalue weighted by molar-refractivity contribution is 7.99. The number of thioether (sulfide) groups is 1. The number of rotatable bonds is 7. The van der Waals surface area contributed by atoms with E-state index in [-0.39, 0.29) is 18.6 Å². The second kappa shape index (κ2) is 21.7. The number of ether oxygens (including phenoxy) is 1. The number of amides is 8. The lowest BCUT2D eigenvalue weighted by molar-refractivity contribution is -0.150. The minimum Gasteiger partial charge on any atom is -0.462 e. The highest BCUT2D eigenvalue weighted by atomic mass is 32.2. The van der Waals surface area contributed by atoms with E-state index in [0.29, 0.717) is 27.9 Å². The molecule has 3 aliphatic heterocycles. The number of nitrogens with two attached hydrogens (primary N) is 1. The number of aliphatic hydroxyl groups is 2. The van der Waals surface area contributed by atoms with Crippen molar-refractivity contribution in [3.63, 3.8) is 0 Å². The van der Waals surface area contributed by atoms with Crippen molar-refractivity contribution in [3.8, 4) is 0 Å². The van der Waals surface area contributed by atoms with E-state index in [1.54, 1.807) is 38.1 Å². The largest absolute Gasteiger partial charge is 0.462 e. The summed E-state index contributed by atoms with van der Waals surface area (Å²) in [6, 6.07) is -1.40. The van der Waals surface area contributed by atoms with Gasteiger partial charge in [-0.05, 0) is 24.5 Å². The molecular formula is C41H58N10O12S.